The van der Waals surface area contributed by atoms with E-state index in [1.54, 1.807) is 6.92 Å². The minimum atomic E-state index is -0.413. The van der Waals surface area contributed by atoms with Crippen LogP contribution in [0.3, 0.4) is 0 Å². The van der Waals surface area contributed by atoms with Crippen LogP contribution in [0.1, 0.15) is 33.3 Å². The van der Waals surface area contributed by atoms with E-state index in [2.05, 4.69) is 35.2 Å². The van der Waals surface area contributed by atoms with Crippen LogP contribution in [-0.4, -0.2) is 33.7 Å². The number of nitrogen functional groups attached to an aromatic ring is 1. The first-order valence-corrected chi connectivity index (χ1v) is 9.24. The number of quaternary nitrogens is 1. The number of rotatable bonds is 7. The van der Waals surface area contributed by atoms with Crippen molar-refractivity contribution in [2.45, 2.75) is 20.0 Å². The normalized spacial score (nSPS) is 11.7. The number of nitriles is 1. The van der Waals surface area contributed by atoms with E-state index in [1.807, 2.05) is 21.1 Å². The molecule has 3 N–H and O–H groups in total. The summed E-state index contributed by atoms with van der Waals surface area (Å²) in [5.74, 6) is -0.413. The zero-order chi connectivity index (χ0) is 19.3. The molecule has 7 heteroatoms. The molecule has 0 saturated carbocycles. The molecule has 1 unspecified atom stereocenters. The van der Waals surface area contributed by atoms with Gasteiger partial charge < -0.3 is 20.3 Å². The highest BCUT2D eigenvalue weighted by Crippen LogP contribution is 2.30. The molecule has 0 spiro atoms. The summed E-state index contributed by atoms with van der Waals surface area (Å²) in [4.78, 5) is 15.8. The number of nitrogens with two attached hydrogens (primary N) is 1. The molecule has 0 aliphatic heterocycles. The molecule has 0 aliphatic rings. The summed E-state index contributed by atoms with van der Waals surface area (Å²) in [6, 6.07) is 10.5. The number of benzene rings is 1. The summed E-state index contributed by atoms with van der Waals surface area (Å²) < 4.78 is 5.11. The minimum absolute atomic E-state index is 0.291. The van der Waals surface area contributed by atoms with Crippen molar-refractivity contribution in [1.82, 2.24) is 0 Å². The van der Waals surface area contributed by atoms with Gasteiger partial charge in [0.05, 0.1) is 24.8 Å². The van der Waals surface area contributed by atoms with Gasteiger partial charge in [-0.25, -0.2) is 4.79 Å². The number of hydrogen-bond acceptors (Lipinski definition) is 6. The summed E-state index contributed by atoms with van der Waals surface area (Å²) in [5.41, 5.74) is 9.33. The molecule has 1 atom stereocenters. The largest absolute Gasteiger partial charge is 0.462 e. The fourth-order valence-corrected chi connectivity index (χ4v) is 3.69. The first kappa shape index (κ1) is 19.8. The summed E-state index contributed by atoms with van der Waals surface area (Å²) >= 11 is 1.13. The van der Waals surface area contributed by atoms with E-state index in [-0.39, 0.29) is 0 Å². The van der Waals surface area contributed by atoms with Gasteiger partial charge in [-0.05, 0) is 19.1 Å². The van der Waals surface area contributed by atoms with E-state index >= 15 is 0 Å². The van der Waals surface area contributed by atoms with E-state index in [0.29, 0.717) is 34.2 Å². The van der Waals surface area contributed by atoms with Crippen LogP contribution in [0.4, 0.5) is 10.7 Å². The van der Waals surface area contributed by atoms with Gasteiger partial charge in [0.2, 0.25) is 0 Å². The van der Waals surface area contributed by atoms with Crippen molar-refractivity contribution >= 4 is 28.0 Å². The maximum absolute atomic E-state index is 12.2. The Balaban J connectivity index is 2.18. The lowest BCUT2D eigenvalue weighted by Gasteiger charge is -2.16. The zero-order valence-electron chi connectivity index (χ0n) is 15.6. The van der Waals surface area contributed by atoms with E-state index in [0.717, 1.165) is 28.5 Å². The highest BCUT2D eigenvalue weighted by Gasteiger charge is 2.25. The van der Waals surface area contributed by atoms with Gasteiger partial charge in [0.1, 0.15) is 29.0 Å². The molecule has 0 fully saturated rings. The molecule has 1 heterocycles. The number of carbonyl (C=O) groups excluding carboxylic acids is 1. The second-order valence-electron chi connectivity index (χ2n) is 6.35. The van der Waals surface area contributed by atoms with Crippen LogP contribution < -0.4 is 15.5 Å². The van der Waals surface area contributed by atoms with E-state index in [9.17, 15) is 10.1 Å². The Morgan fingerprint density at radius 1 is 1.31 bits per heavy atom. The van der Waals surface area contributed by atoms with Crippen LogP contribution >= 0.6 is 11.3 Å². The van der Waals surface area contributed by atoms with Crippen LogP contribution in [0.2, 0.25) is 0 Å². The van der Waals surface area contributed by atoms with Gasteiger partial charge in [-0.2, -0.15) is 5.26 Å². The second-order valence-corrected chi connectivity index (χ2v) is 7.40. The fourth-order valence-electron chi connectivity index (χ4n) is 2.76. The molecule has 6 nitrogen and oxygen atoms in total. The molecule has 0 aliphatic carbocycles. The Labute approximate surface area is 158 Å². The number of thiophene rings is 1. The number of ether oxygens (including phenoxy) is 1. The Hall–Kier alpha value is -2.56. The molecule has 0 bridgehead atoms. The quantitative estimate of drug-likeness (QED) is 0.721. The topological polar surface area (TPSA) is 83.8 Å². The molecule has 2 rings (SSSR count). The van der Waals surface area contributed by atoms with E-state index < -0.39 is 5.97 Å². The van der Waals surface area contributed by atoms with Crippen LogP contribution in [0, 0.1) is 11.3 Å². The van der Waals surface area contributed by atoms with Crippen molar-refractivity contribution in [3.05, 3.63) is 45.8 Å². The number of hydrogen-bond donors (Lipinski definition) is 2. The molecule has 1 aromatic carbocycles. The van der Waals surface area contributed by atoms with Crippen molar-refractivity contribution in [2.75, 3.05) is 38.4 Å². The molecule has 1 aromatic heterocycles. The van der Waals surface area contributed by atoms with Crippen LogP contribution in [0.25, 0.3) is 0 Å². The number of esters is 1. The zero-order valence-corrected chi connectivity index (χ0v) is 16.4. The Morgan fingerprint density at radius 3 is 2.50 bits per heavy atom. The van der Waals surface area contributed by atoms with Gasteiger partial charge in [-0.15, -0.1) is 11.3 Å². The standard InChI is InChI=1S/C19H24N4O2S/c1-5-25-19(24)17-16(15(10-20)18(21)26-17)12-23(4)11-13-6-8-14(9-7-13)22(2)3/h6-9H,5,11-12,21H2,1-4H3/p+1. The van der Waals surface area contributed by atoms with Crippen molar-refractivity contribution in [3.63, 3.8) is 0 Å². The van der Waals surface area contributed by atoms with Gasteiger partial charge in [-0.1, -0.05) is 12.1 Å². The molecular formula is C19H25N4O2S+. The van der Waals surface area contributed by atoms with Crippen molar-refractivity contribution in [2.24, 2.45) is 0 Å². The summed E-state index contributed by atoms with van der Waals surface area (Å²) in [5, 5.41) is 9.79. The van der Waals surface area contributed by atoms with Crippen molar-refractivity contribution in [3.8, 4) is 6.07 Å². The maximum atomic E-state index is 12.2. The van der Waals surface area contributed by atoms with Gasteiger partial charge in [-0.3, -0.25) is 0 Å². The third kappa shape index (κ3) is 4.54. The molecule has 0 amide bonds. The fraction of sp³-hybridized carbons (Fsp3) is 0.368. The molecule has 138 valence electrons. The average Bonchev–Trinajstić information content (AvgIpc) is 2.91. The second kappa shape index (κ2) is 8.70. The third-order valence-electron chi connectivity index (χ3n) is 4.04. The summed E-state index contributed by atoms with van der Waals surface area (Å²) in [6.45, 7) is 3.35. The monoisotopic (exact) mass is 373 g/mol. The van der Waals surface area contributed by atoms with Crippen molar-refractivity contribution < 1.29 is 14.4 Å². The van der Waals surface area contributed by atoms with Gasteiger partial charge in [0, 0.05) is 25.3 Å². The van der Waals surface area contributed by atoms with Crippen LogP contribution in [-0.2, 0) is 17.8 Å². The van der Waals surface area contributed by atoms with Gasteiger partial charge in [0.25, 0.3) is 0 Å². The minimum Gasteiger partial charge on any atom is -0.462 e. The summed E-state index contributed by atoms with van der Waals surface area (Å²) in [7, 11) is 6.05. The number of nitrogens with zero attached hydrogens (tertiary/aromatic N) is 2. The Kier molecular flexibility index (Phi) is 6.61. The molecule has 26 heavy (non-hydrogen) atoms. The Bertz CT molecular complexity index is 806. The first-order valence-electron chi connectivity index (χ1n) is 8.43. The Morgan fingerprint density at radius 2 is 1.96 bits per heavy atom. The predicted molar refractivity (Wildman–Crippen MR) is 104 cm³/mol. The lowest BCUT2D eigenvalue weighted by molar-refractivity contribution is -0.907. The molecule has 0 saturated heterocycles. The number of carbonyl (C=O) groups is 1. The van der Waals surface area contributed by atoms with Gasteiger partial charge >= 0.3 is 5.97 Å². The smallest absolute Gasteiger partial charge is 0.348 e. The highest BCUT2D eigenvalue weighted by atomic mass is 32.1. The first-order chi connectivity index (χ1) is 12.4. The molecule has 0 radical (unpaired) electrons. The van der Waals surface area contributed by atoms with E-state index in [1.165, 1.54) is 5.56 Å². The third-order valence-corrected chi connectivity index (χ3v) is 5.09. The van der Waals surface area contributed by atoms with E-state index in [4.69, 9.17) is 10.5 Å². The summed E-state index contributed by atoms with van der Waals surface area (Å²) in [6.07, 6.45) is 0. The van der Waals surface area contributed by atoms with Crippen molar-refractivity contribution in [1.29, 1.82) is 5.26 Å². The predicted octanol–water partition coefficient (Wildman–Crippen LogP) is 1.66. The number of nitrogens with one attached hydrogen (secondary N) is 1. The molecule has 2 aromatic rings. The lowest BCUT2D eigenvalue weighted by atomic mass is 10.1. The average molecular weight is 374 g/mol. The molecular weight excluding hydrogens is 348 g/mol. The highest BCUT2D eigenvalue weighted by molar-refractivity contribution is 7.18. The SMILES string of the molecule is CCOC(=O)c1sc(N)c(C#N)c1C[NH+](C)Cc1ccc(N(C)C)cc1. The van der Waals surface area contributed by atoms with Crippen LogP contribution in [0.5, 0.6) is 0 Å². The lowest BCUT2D eigenvalue weighted by Crippen LogP contribution is -3.06. The van der Waals surface area contributed by atoms with Gasteiger partial charge in [0.15, 0.2) is 0 Å². The number of anilines is 2. The van der Waals surface area contributed by atoms with Crippen LogP contribution in [0.15, 0.2) is 24.3 Å². The maximum Gasteiger partial charge on any atom is 0.348 e.